The van der Waals surface area contributed by atoms with Crippen molar-refractivity contribution in [3.05, 3.63) is 23.7 Å². The largest absolute Gasteiger partial charge is 0.455 e. The third kappa shape index (κ3) is 3.14. The number of likely N-dealkylation sites (N-methyl/N-ethyl adjacent to an activating group) is 1. The van der Waals surface area contributed by atoms with E-state index in [9.17, 15) is 4.79 Å². The van der Waals surface area contributed by atoms with Crippen molar-refractivity contribution in [2.75, 3.05) is 20.2 Å². The Morgan fingerprint density at radius 2 is 2.36 bits per heavy atom. The summed E-state index contributed by atoms with van der Waals surface area (Å²) >= 11 is 5.23. The lowest BCUT2D eigenvalue weighted by Gasteiger charge is -2.12. The van der Waals surface area contributed by atoms with Crippen LogP contribution >= 0.6 is 11.6 Å². The van der Waals surface area contributed by atoms with Gasteiger partial charge in [-0.1, -0.05) is 0 Å². The first-order valence-electron chi connectivity index (χ1n) is 4.21. The summed E-state index contributed by atoms with van der Waals surface area (Å²) in [4.78, 5) is 12.6. The van der Waals surface area contributed by atoms with Crippen molar-refractivity contribution >= 4 is 16.8 Å². The van der Waals surface area contributed by atoms with Gasteiger partial charge in [0, 0.05) is 6.54 Å². The molecule has 0 radical (unpaired) electrons. The molecule has 0 aromatic carbocycles. The van der Waals surface area contributed by atoms with E-state index in [1.165, 1.54) is 6.07 Å². The summed E-state index contributed by atoms with van der Waals surface area (Å²) in [5, 5.41) is 8.06. The predicted molar refractivity (Wildman–Crippen MR) is 52.3 cm³/mol. The fourth-order valence-corrected chi connectivity index (χ4v) is 1.19. The van der Waals surface area contributed by atoms with E-state index in [4.69, 9.17) is 21.1 Å². The molecule has 0 saturated carbocycles. The van der Waals surface area contributed by atoms with Gasteiger partial charge in [-0.05, 0) is 30.8 Å². The van der Waals surface area contributed by atoms with Gasteiger partial charge in [0.1, 0.15) is 5.76 Å². The number of nitrogens with zero attached hydrogens (tertiary/aromatic N) is 1. The average molecular weight is 218 g/mol. The van der Waals surface area contributed by atoms with Crippen molar-refractivity contribution in [3.63, 3.8) is 0 Å². The molecule has 0 fully saturated rings. The molecule has 0 saturated heterocycles. The predicted octanol–water partition coefficient (Wildman–Crippen LogP) is 1.08. The normalized spacial score (nSPS) is 10.9. The summed E-state index contributed by atoms with van der Waals surface area (Å²) in [5.74, 6) is 0.809. The first-order valence-corrected chi connectivity index (χ1v) is 4.59. The maximum Gasteiger partial charge on any atom is 0.287 e. The van der Waals surface area contributed by atoms with Crippen molar-refractivity contribution in [1.29, 1.82) is 0 Å². The van der Waals surface area contributed by atoms with E-state index in [0.29, 0.717) is 18.8 Å². The third-order valence-electron chi connectivity index (χ3n) is 1.76. The highest BCUT2D eigenvalue weighted by molar-refractivity contribution is 6.67. The van der Waals surface area contributed by atoms with Gasteiger partial charge < -0.3 is 9.52 Å². The number of aliphatic hydroxyl groups is 1. The molecule has 0 bridgehead atoms. The molecule has 5 heteroatoms. The molecule has 14 heavy (non-hydrogen) atoms. The number of hydrogen-bond donors (Lipinski definition) is 1. The summed E-state index contributed by atoms with van der Waals surface area (Å²) in [6, 6.07) is 3.24. The molecule has 0 aliphatic carbocycles. The average Bonchev–Trinajstić information content (AvgIpc) is 2.53. The molecule has 0 aliphatic heterocycles. The van der Waals surface area contributed by atoms with E-state index < -0.39 is 5.24 Å². The number of carbonyl (C=O) groups is 1. The van der Waals surface area contributed by atoms with E-state index in [-0.39, 0.29) is 12.4 Å². The summed E-state index contributed by atoms with van der Waals surface area (Å²) in [7, 11) is 1.85. The molecule has 1 rings (SSSR count). The number of furan rings is 1. The highest BCUT2D eigenvalue weighted by Gasteiger charge is 2.09. The van der Waals surface area contributed by atoms with Crippen LogP contribution in [0.1, 0.15) is 16.3 Å². The summed E-state index contributed by atoms with van der Waals surface area (Å²) in [6.45, 7) is 1.20. The number of aliphatic hydroxyl groups excluding tert-OH is 1. The van der Waals surface area contributed by atoms with E-state index in [2.05, 4.69) is 0 Å². The van der Waals surface area contributed by atoms with Gasteiger partial charge in [0.25, 0.3) is 5.24 Å². The lowest BCUT2D eigenvalue weighted by atomic mass is 10.4. The smallest absolute Gasteiger partial charge is 0.287 e. The summed E-state index contributed by atoms with van der Waals surface area (Å²) < 4.78 is 5.16. The standard InChI is InChI=1S/C9H12ClNO3/c1-11(4-5-12)6-7-2-3-8(14-7)9(10)13/h2-3,12H,4-6H2,1H3. The maximum atomic E-state index is 10.7. The van der Waals surface area contributed by atoms with E-state index in [1.54, 1.807) is 6.07 Å². The minimum absolute atomic E-state index is 0.0957. The maximum absolute atomic E-state index is 10.7. The number of carbonyl (C=O) groups excluding carboxylic acids is 1. The Labute approximate surface area is 87.1 Å². The van der Waals surface area contributed by atoms with Gasteiger partial charge >= 0.3 is 0 Å². The fraction of sp³-hybridized carbons (Fsp3) is 0.444. The van der Waals surface area contributed by atoms with Crippen LogP contribution in [0.4, 0.5) is 0 Å². The van der Waals surface area contributed by atoms with Crippen LogP contribution < -0.4 is 0 Å². The van der Waals surface area contributed by atoms with Gasteiger partial charge in [-0.2, -0.15) is 0 Å². The molecular weight excluding hydrogens is 206 g/mol. The molecule has 1 N–H and O–H groups in total. The Bertz CT molecular complexity index is 311. The molecule has 1 aromatic heterocycles. The second-order valence-electron chi connectivity index (χ2n) is 3.00. The fourth-order valence-electron chi connectivity index (χ4n) is 1.08. The first-order chi connectivity index (χ1) is 6.63. The minimum atomic E-state index is -0.596. The first kappa shape index (κ1) is 11.2. The van der Waals surface area contributed by atoms with Crippen LogP contribution in [0.25, 0.3) is 0 Å². The van der Waals surface area contributed by atoms with Crippen molar-refractivity contribution < 1.29 is 14.3 Å². The lowest BCUT2D eigenvalue weighted by molar-refractivity contribution is 0.105. The Balaban J connectivity index is 2.55. The van der Waals surface area contributed by atoms with Crippen molar-refractivity contribution in [2.45, 2.75) is 6.54 Å². The van der Waals surface area contributed by atoms with Crippen molar-refractivity contribution in [2.24, 2.45) is 0 Å². The molecular formula is C9H12ClNO3. The third-order valence-corrected chi connectivity index (χ3v) is 1.95. The van der Waals surface area contributed by atoms with E-state index in [1.807, 2.05) is 11.9 Å². The van der Waals surface area contributed by atoms with Crippen molar-refractivity contribution in [1.82, 2.24) is 4.90 Å². The Kier molecular flexibility index (Phi) is 4.13. The molecule has 4 nitrogen and oxygen atoms in total. The Morgan fingerprint density at radius 1 is 1.64 bits per heavy atom. The molecule has 0 aliphatic rings. The van der Waals surface area contributed by atoms with Crippen LogP contribution in [-0.4, -0.2) is 35.4 Å². The van der Waals surface area contributed by atoms with Gasteiger partial charge in [-0.15, -0.1) is 0 Å². The van der Waals surface area contributed by atoms with Gasteiger partial charge in [0.05, 0.1) is 13.2 Å². The van der Waals surface area contributed by atoms with E-state index in [0.717, 1.165) is 0 Å². The molecule has 1 heterocycles. The van der Waals surface area contributed by atoms with Crippen LogP contribution in [0.3, 0.4) is 0 Å². The van der Waals surface area contributed by atoms with E-state index >= 15 is 0 Å². The van der Waals surface area contributed by atoms with Crippen LogP contribution in [0.5, 0.6) is 0 Å². The monoisotopic (exact) mass is 217 g/mol. The van der Waals surface area contributed by atoms with Crippen molar-refractivity contribution in [3.8, 4) is 0 Å². The Hall–Kier alpha value is -0.840. The zero-order valence-electron chi connectivity index (χ0n) is 7.86. The summed E-state index contributed by atoms with van der Waals surface area (Å²) in [6.07, 6.45) is 0. The lowest BCUT2D eigenvalue weighted by Crippen LogP contribution is -2.21. The minimum Gasteiger partial charge on any atom is -0.455 e. The van der Waals surface area contributed by atoms with Crippen LogP contribution in [0, 0.1) is 0 Å². The quantitative estimate of drug-likeness (QED) is 0.750. The van der Waals surface area contributed by atoms with Crippen LogP contribution in [0.2, 0.25) is 0 Å². The molecule has 0 spiro atoms. The highest BCUT2D eigenvalue weighted by Crippen LogP contribution is 2.11. The van der Waals surface area contributed by atoms with Gasteiger partial charge in [0.15, 0.2) is 5.76 Å². The van der Waals surface area contributed by atoms with Crippen LogP contribution in [0.15, 0.2) is 16.5 Å². The molecule has 0 unspecified atom stereocenters. The zero-order valence-corrected chi connectivity index (χ0v) is 8.62. The number of hydrogen-bond acceptors (Lipinski definition) is 4. The Morgan fingerprint density at radius 3 is 2.86 bits per heavy atom. The SMILES string of the molecule is CN(CCO)Cc1ccc(C(=O)Cl)o1. The second-order valence-corrected chi connectivity index (χ2v) is 3.34. The molecule has 0 amide bonds. The van der Waals surface area contributed by atoms with Gasteiger partial charge in [0.2, 0.25) is 0 Å². The van der Waals surface area contributed by atoms with Gasteiger partial charge in [-0.25, -0.2) is 0 Å². The molecule has 1 aromatic rings. The van der Waals surface area contributed by atoms with Gasteiger partial charge in [-0.3, -0.25) is 9.69 Å². The molecule has 78 valence electrons. The molecule has 0 atom stereocenters. The van der Waals surface area contributed by atoms with Crippen LogP contribution in [-0.2, 0) is 6.54 Å². The highest BCUT2D eigenvalue weighted by atomic mass is 35.5. The second kappa shape index (κ2) is 5.14. The topological polar surface area (TPSA) is 53.7 Å². The summed E-state index contributed by atoms with van der Waals surface area (Å²) in [5.41, 5.74) is 0. The number of rotatable bonds is 5. The zero-order chi connectivity index (χ0) is 10.6. The number of halogens is 1.